The Labute approximate surface area is 62.1 Å². The van der Waals surface area contributed by atoms with E-state index in [-0.39, 0.29) is 6.29 Å². The van der Waals surface area contributed by atoms with Crippen LogP contribution in [0.25, 0.3) is 0 Å². The Hall–Kier alpha value is -1.03. The van der Waals surface area contributed by atoms with Gasteiger partial charge in [-0.15, -0.1) is 0 Å². The molecule has 2 heterocycles. The first-order valence-corrected chi connectivity index (χ1v) is 3.67. The summed E-state index contributed by atoms with van der Waals surface area (Å²) in [5, 5.41) is 1.89. The van der Waals surface area contributed by atoms with Gasteiger partial charge >= 0.3 is 0 Å². The summed E-state index contributed by atoms with van der Waals surface area (Å²) in [6, 6.07) is 1.88. The van der Waals surface area contributed by atoms with E-state index in [1.54, 1.807) is 0 Å². The molecule has 0 radical (unpaired) electrons. The second kappa shape index (κ2) is 2.30. The molecular weight excluding hydrogens is 150 g/mol. The minimum atomic E-state index is -0.314. The lowest BCUT2D eigenvalue weighted by Crippen LogP contribution is -1.96. The van der Waals surface area contributed by atoms with E-state index in [9.17, 15) is 0 Å². The summed E-state index contributed by atoms with van der Waals surface area (Å²) in [4.78, 5) is 0. The number of nitrogens with zero attached hydrogens (tertiary/aromatic N) is 1. The molecule has 1 aliphatic rings. The van der Waals surface area contributed by atoms with Crippen molar-refractivity contribution in [2.45, 2.75) is 6.29 Å². The summed E-state index contributed by atoms with van der Waals surface area (Å²) in [5.74, 6) is 0. The molecule has 1 aliphatic heterocycles. The molecule has 3 nitrogen and oxygen atoms in total. The van der Waals surface area contributed by atoms with Crippen LogP contribution in [0.3, 0.4) is 0 Å². The maximum absolute atomic E-state index is 5.04. The van der Waals surface area contributed by atoms with Crippen LogP contribution < -0.4 is 0 Å². The third-order valence-electron chi connectivity index (χ3n) is 1.16. The molecule has 0 bridgehead atoms. The Morgan fingerprint density at radius 2 is 2.20 bits per heavy atom. The van der Waals surface area contributed by atoms with E-state index in [0.717, 1.165) is 5.69 Å². The van der Waals surface area contributed by atoms with E-state index in [2.05, 4.69) is 4.37 Å². The fourth-order valence-electron chi connectivity index (χ4n) is 0.722. The minimum Gasteiger partial charge on any atom is -0.454 e. The molecule has 0 unspecified atom stereocenters. The maximum Gasteiger partial charge on any atom is 0.284 e. The monoisotopic (exact) mass is 155 g/mol. The van der Waals surface area contributed by atoms with Crippen molar-refractivity contribution in [3.63, 3.8) is 0 Å². The lowest BCUT2D eigenvalue weighted by atomic mass is 10.4. The van der Waals surface area contributed by atoms with Crippen LogP contribution in [-0.2, 0) is 9.47 Å². The van der Waals surface area contributed by atoms with Crippen molar-refractivity contribution in [2.75, 3.05) is 0 Å². The zero-order valence-corrected chi connectivity index (χ0v) is 5.88. The highest BCUT2D eigenvalue weighted by Crippen LogP contribution is 2.22. The van der Waals surface area contributed by atoms with Gasteiger partial charge in [0.05, 0.1) is 0 Å². The van der Waals surface area contributed by atoms with Gasteiger partial charge in [0, 0.05) is 5.38 Å². The van der Waals surface area contributed by atoms with Crippen molar-refractivity contribution >= 4 is 11.5 Å². The minimum absolute atomic E-state index is 0.314. The van der Waals surface area contributed by atoms with E-state index in [0.29, 0.717) is 0 Å². The number of hydrogen-bond acceptors (Lipinski definition) is 4. The fraction of sp³-hybridized carbons (Fsp3) is 0.167. The van der Waals surface area contributed by atoms with Crippen LogP contribution in [0.1, 0.15) is 12.0 Å². The van der Waals surface area contributed by atoms with E-state index >= 15 is 0 Å². The average molecular weight is 155 g/mol. The molecule has 0 fully saturated rings. The Balaban J connectivity index is 2.14. The van der Waals surface area contributed by atoms with Crippen molar-refractivity contribution in [3.05, 3.63) is 29.7 Å². The lowest BCUT2D eigenvalue weighted by Gasteiger charge is -2.04. The molecule has 52 valence electrons. The second-order valence-corrected chi connectivity index (χ2v) is 2.47. The van der Waals surface area contributed by atoms with Crippen molar-refractivity contribution in [2.24, 2.45) is 0 Å². The van der Waals surface area contributed by atoms with Crippen molar-refractivity contribution in [3.8, 4) is 0 Å². The summed E-state index contributed by atoms with van der Waals surface area (Å²) >= 11 is 1.39. The molecule has 0 N–H and O–H groups in total. The molecule has 0 atom stereocenters. The van der Waals surface area contributed by atoms with Crippen LogP contribution in [-0.4, -0.2) is 4.37 Å². The van der Waals surface area contributed by atoms with Crippen LogP contribution in [0.2, 0.25) is 0 Å². The molecule has 4 heteroatoms. The highest BCUT2D eigenvalue weighted by molar-refractivity contribution is 7.03. The average Bonchev–Trinajstić information content (AvgIpc) is 2.59. The highest BCUT2D eigenvalue weighted by Gasteiger charge is 2.16. The van der Waals surface area contributed by atoms with Gasteiger partial charge in [-0.05, 0) is 17.6 Å². The van der Waals surface area contributed by atoms with E-state index < -0.39 is 0 Å². The molecule has 0 aromatic carbocycles. The van der Waals surface area contributed by atoms with Crippen molar-refractivity contribution in [1.29, 1.82) is 0 Å². The Morgan fingerprint density at radius 1 is 1.40 bits per heavy atom. The Bertz CT molecular complexity index is 224. The number of ether oxygens (including phenoxy) is 2. The molecule has 2 rings (SSSR count). The van der Waals surface area contributed by atoms with Gasteiger partial charge in [0.25, 0.3) is 6.29 Å². The van der Waals surface area contributed by atoms with Crippen molar-refractivity contribution in [1.82, 2.24) is 4.37 Å². The summed E-state index contributed by atoms with van der Waals surface area (Å²) < 4.78 is 14.1. The van der Waals surface area contributed by atoms with Crippen LogP contribution in [0.4, 0.5) is 0 Å². The first kappa shape index (κ1) is 5.73. The van der Waals surface area contributed by atoms with Crippen LogP contribution >= 0.6 is 11.5 Å². The Kier molecular flexibility index (Phi) is 1.32. The third kappa shape index (κ3) is 0.863. The van der Waals surface area contributed by atoms with Gasteiger partial charge in [-0.2, -0.15) is 4.37 Å². The first-order chi connectivity index (χ1) is 4.97. The van der Waals surface area contributed by atoms with Crippen molar-refractivity contribution < 1.29 is 9.47 Å². The zero-order chi connectivity index (χ0) is 6.81. The molecule has 0 saturated heterocycles. The van der Waals surface area contributed by atoms with E-state index in [1.165, 1.54) is 24.1 Å². The molecule has 1 aromatic rings. The smallest absolute Gasteiger partial charge is 0.284 e. The van der Waals surface area contributed by atoms with Gasteiger partial charge in [-0.1, -0.05) is 0 Å². The zero-order valence-electron chi connectivity index (χ0n) is 5.06. The summed E-state index contributed by atoms with van der Waals surface area (Å²) in [6.45, 7) is 0. The summed E-state index contributed by atoms with van der Waals surface area (Å²) in [6.07, 6.45) is 2.72. The van der Waals surface area contributed by atoms with Crippen LogP contribution in [0, 0.1) is 0 Å². The molecule has 0 saturated carbocycles. The fourth-order valence-corrected chi connectivity index (χ4v) is 1.25. The lowest BCUT2D eigenvalue weighted by molar-refractivity contribution is -0.0272. The number of hydrogen-bond donors (Lipinski definition) is 0. The van der Waals surface area contributed by atoms with Crippen LogP contribution in [0.15, 0.2) is 24.0 Å². The maximum atomic E-state index is 5.04. The molecule has 1 aromatic heterocycles. The van der Waals surface area contributed by atoms with Gasteiger partial charge < -0.3 is 9.47 Å². The Morgan fingerprint density at radius 3 is 2.80 bits per heavy atom. The van der Waals surface area contributed by atoms with Gasteiger partial charge in [0.2, 0.25) is 0 Å². The summed E-state index contributed by atoms with van der Waals surface area (Å²) in [7, 11) is 0. The highest BCUT2D eigenvalue weighted by atomic mass is 32.1. The predicted molar refractivity (Wildman–Crippen MR) is 36.2 cm³/mol. The number of aromatic nitrogens is 1. The van der Waals surface area contributed by atoms with E-state index in [1.807, 2.05) is 11.4 Å². The normalized spacial score (nSPS) is 16.8. The van der Waals surface area contributed by atoms with Gasteiger partial charge in [0.15, 0.2) is 0 Å². The quantitative estimate of drug-likeness (QED) is 0.618. The SMILES string of the molecule is C1=COC(c2ccsn2)O1. The molecule has 10 heavy (non-hydrogen) atoms. The summed E-state index contributed by atoms with van der Waals surface area (Å²) in [5.41, 5.74) is 0.829. The predicted octanol–water partition coefficient (Wildman–Crippen LogP) is 1.66. The first-order valence-electron chi connectivity index (χ1n) is 2.83. The second-order valence-electron chi connectivity index (χ2n) is 1.80. The molecular formula is C6H5NO2S. The van der Waals surface area contributed by atoms with Gasteiger partial charge in [-0.25, -0.2) is 0 Å². The van der Waals surface area contributed by atoms with E-state index in [4.69, 9.17) is 9.47 Å². The van der Waals surface area contributed by atoms with Gasteiger partial charge in [-0.3, -0.25) is 0 Å². The van der Waals surface area contributed by atoms with Crippen LogP contribution in [0.5, 0.6) is 0 Å². The standard InChI is InChI=1S/C6H5NO2S/c1-4-10-7-5(1)6-8-2-3-9-6/h1-4,6H. The number of rotatable bonds is 1. The topological polar surface area (TPSA) is 31.4 Å². The largest absolute Gasteiger partial charge is 0.454 e. The molecule has 0 aliphatic carbocycles. The molecule has 0 spiro atoms. The molecule has 0 amide bonds. The van der Waals surface area contributed by atoms with Gasteiger partial charge in [0.1, 0.15) is 18.2 Å². The third-order valence-corrected chi connectivity index (χ3v) is 1.73.